The average molecular weight is 602 g/mol. The number of amides is 1. The molecule has 0 spiro atoms. The second-order valence-corrected chi connectivity index (χ2v) is 11.4. The first-order valence-corrected chi connectivity index (χ1v) is 15.0. The number of carbonyl (C=O) groups excluding carboxylic acids is 1. The van der Waals surface area contributed by atoms with E-state index in [1.165, 1.54) is 11.3 Å². The molecule has 44 heavy (non-hydrogen) atoms. The first-order valence-electron chi connectivity index (χ1n) is 14.2. The molecule has 7 nitrogen and oxygen atoms in total. The number of anilines is 1. The largest absolute Gasteiger partial charge is 0.496 e. The summed E-state index contributed by atoms with van der Waals surface area (Å²) < 4.78 is 13.8. The van der Waals surface area contributed by atoms with E-state index in [0.717, 1.165) is 28.0 Å². The third kappa shape index (κ3) is 5.85. The van der Waals surface area contributed by atoms with Crippen LogP contribution in [0.25, 0.3) is 6.08 Å². The maximum Gasteiger partial charge on any atom is 0.271 e. The van der Waals surface area contributed by atoms with Crippen molar-refractivity contribution in [1.29, 1.82) is 0 Å². The standard InChI is InChI=1S/C36H31N3O4S/c1-23-12-10-11-17-29(23)43-22-27-20-25(18-19-30(27)42-3)21-31-35(41)39-33(26-13-6-4-7-14-26)32(24(2)37-36(39)44-31)34(40)38-28-15-8-5-9-16-28/h4-21,33H,22H2,1-3H3,(H,38,40)/b31-21+/t33-/m1/s1. The van der Waals surface area contributed by atoms with Crippen molar-refractivity contribution in [3.05, 3.63) is 156 Å². The molecule has 0 unspecified atom stereocenters. The van der Waals surface area contributed by atoms with E-state index >= 15 is 0 Å². The lowest BCUT2D eigenvalue weighted by Gasteiger charge is -2.25. The van der Waals surface area contributed by atoms with E-state index in [-0.39, 0.29) is 11.5 Å². The smallest absolute Gasteiger partial charge is 0.271 e. The van der Waals surface area contributed by atoms with Gasteiger partial charge in [0.2, 0.25) is 0 Å². The number of nitrogens with zero attached hydrogens (tertiary/aromatic N) is 2. The number of thiazole rings is 1. The molecule has 1 N–H and O–H groups in total. The zero-order valence-corrected chi connectivity index (χ0v) is 25.4. The number of fused-ring (bicyclic) bond motifs is 1. The normalized spacial score (nSPS) is 14.5. The monoisotopic (exact) mass is 601 g/mol. The van der Waals surface area contributed by atoms with Crippen molar-refractivity contribution < 1.29 is 14.3 Å². The average Bonchev–Trinajstić information content (AvgIpc) is 3.34. The molecule has 0 aliphatic carbocycles. The number of nitrogens with one attached hydrogen (secondary N) is 1. The van der Waals surface area contributed by atoms with E-state index in [0.29, 0.717) is 38.6 Å². The zero-order valence-electron chi connectivity index (χ0n) is 24.6. The Labute approximate surface area is 259 Å². The second kappa shape index (κ2) is 12.6. The number of benzene rings is 4. The zero-order chi connectivity index (χ0) is 30.6. The molecule has 1 aliphatic heterocycles. The lowest BCUT2D eigenvalue weighted by molar-refractivity contribution is -0.113. The van der Waals surface area contributed by atoms with Gasteiger partial charge < -0.3 is 14.8 Å². The van der Waals surface area contributed by atoms with Crippen molar-refractivity contribution in [2.45, 2.75) is 26.5 Å². The van der Waals surface area contributed by atoms with Crippen molar-refractivity contribution in [2.24, 2.45) is 4.99 Å². The Kier molecular flexibility index (Phi) is 8.25. The minimum absolute atomic E-state index is 0.214. The summed E-state index contributed by atoms with van der Waals surface area (Å²) in [6.07, 6.45) is 1.85. The highest BCUT2D eigenvalue weighted by molar-refractivity contribution is 7.07. The van der Waals surface area contributed by atoms with Crippen molar-refractivity contribution >= 4 is 29.0 Å². The molecule has 0 radical (unpaired) electrons. The molecule has 0 saturated heterocycles. The number of aromatic nitrogens is 1. The maximum absolute atomic E-state index is 14.1. The van der Waals surface area contributed by atoms with Gasteiger partial charge in [0.25, 0.3) is 11.5 Å². The second-order valence-electron chi connectivity index (χ2n) is 10.4. The quantitative estimate of drug-likeness (QED) is 0.245. The SMILES string of the molecule is COc1ccc(/C=c2/sc3n(c2=O)[C@H](c2ccccc2)C(C(=O)Nc2ccccc2)=C(C)N=3)cc1COc1ccccc1C. The van der Waals surface area contributed by atoms with E-state index in [4.69, 9.17) is 14.5 Å². The van der Waals surface area contributed by atoms with E-state index in [1.54, 1.807) is 11.7 Å². The number of hydrogen-bond acceptors (Lipinski definition) is 6. The van der Waals surface area contributed by atoms with Crippen LogP contribution >= 0.6 is 11.3 Å². The first kappa shape index (κ1) is 28.9. The Morgan fingerprint density at radius 2 is 1.64 bits per heavy atom. The molecule has 1 aliphatic rings. The molecule has 2 heterocycles. The third-order valence-electron chi connectivity index (χ3n) is 7.49. The van der Waals surface area contributed by atoms with Crippen molar-refractivity contribution in [3.8, 4) is 11.5 Å². The molecule has 1 aromatic heterocycles. The van der Waals surface area contributed by atoms with Gasteiger partial charge in [0.05, 0.1) is 29.0 Å². The third-order valence-corrected chi connectivity index (χ3v) is 8.48. The molecule has 1 amide bonds. The minimum Gasteiger partial charge on any atom is -0.496 e. The molecule has 4 aromatic carbocycles. The van der Waals surface area contributed by atoms with Gasteiger partial charge in [-0.05, 0) is 66.9 Å². The number of rotatable bonds is 8. The van der Waals surface area contributed by atoms with Gasteiger partial charge in [-0.25, -0.2) is 4.99 Å². The number of allylic oxidation sites excluding steroid dienone is 1. The number of methoxy groups -OCH3 is 1. The van der Waals surface area contributed by atoms with Crippen LogP contribution < -0.4 is 29.7 Å². The van der Waals surface area contributed by atoms with Gasteiger partial charge in [-0.2, -0.15) is 0 Å². The van der Waals surface area contributed by atoms with E-state index in [2.05, 4.69) is 5.32 Å². The van der Waals surface area contributed by atoms with Gasteiger partial charge in [-0.1, -0.05) is 84.1 Å². The first-order chi connectivity index (χ1) is 21.4. The molecule has 5 aromatic rings. The van der Waals surface area contributed by atoms with Crippen LogP contribution in [-0.2, 0) is 11.4 Å². The molecular weight excluding hydrogens is 570 g/mol. The van der Waals surface area contributed by atoms with Gasteiger partial charge in [0.15, 0.2) is 4.80 Å². The molecular formula is C36H31N3O4S. The van der Waals surface area contributed by atoms with Crippen LogP contribution in [-0.4, -0.2) is 17.6 Å². The Morgan fingerprint density at radius 1 is 0.932 bits per heavy atom. The fourth-order valence-electron chi connectivity index (χ4n) is 5.31. The Bertz CT molecular complexity index is 2050. The van der Waals surface area contributed by atoms with Crippen LogP contribution in [0.15, 0.2) is 124 Å². The summed E-state index contributed by atoms with van der Waals surface area (Å²) in [5, 5.41) is 2.98. The molecule has 220 valence electrons. The van der Waals surface area contributed by atoms with Gasteiger partial charge in [0.1, 0.15) is 18.1 Å². The molecule has 8 heteroatoms. The van der Waals surface area contributed by atoms with E-state index in [1.807, 2.05) is 123 Å². The highest BCUT2D eigenvalue weighted by Gasteiger charge is 2.32. The number of para-hydroxylation sites is 2. The van der Waals surface area contributed by atoms with Crippen LogP contribution in [0.1, 0.15) is 35.2 Å². The van der Waals surface area contributed by atoms with Gasteiger partial charge in [-0.3, -0.25) is 14.2 Å². The summed E-state index contributed by atoms with van der Waals surface area (Å²) in [7, 11) is 1.63. The minimum atomic E-state index is -0.632. The summed E-state index contributed by atoms with van der Waals surface area (Å²) in [6, 6.07) is 31.8. The molecule has 0 bridgehead atoms. The topological polar surface area (TPSA) is 81.9 Å². The van der Waals surface area contributed by atoms with Crippen LogP contribution in [0.2, 0.25) is 0 Å². The molecule has 6 rings (SSSR count). The summed E-state index contributed by atoms with van der Waals surface area (Å²) in [4.78, 5) is 33.0. The van der Waals surface area contributed by atoms with E-state index in [9.17, 15) is 9.59 Å². The van der Waals surface area contributed by atoms with Crippen LogP contribution in [0.3, 0.4) is 0 Å². The van der Waals surface area contributed by atoms with Crippen molar-refractivity contribution in [1.82, 2.24) is 4.57 Å². The lowest BCUT2D eigenvalue weighted by atomic mass is 9.95. The Hall–Kier alpha value is -5.21. The van der Waals surface area contributed by atoms with Crippen molar-refractivity contribution in [3.63, 3.8) is 0 Å². The van der Waals surface area contributed by atoms with Gasteiger partial charge in [0, 0.05) is 11.3 Å². The predicted octanol–water partition coefficient (Wildman–Crippen LogP) is 5.77. The number of carbonyl (C=O) groups is 1. The molecule has 1 atom stereocenters. The fraction of sp³-hybridized carbons (Fsp3) is 0.139. The van der Waals surface area contributed by atoms with Gasteiger partial charge >= 0.3 is 0 Å². The summed E-state index contributed by atoms with van der Waals surface area (Å²) in [5.74, 6) is 1.21. The maximum atomic E-state index is 14.1. The highest BCUT2D eigenvalue weighted by atomic mass is 32.1. The number of ether oxygens (including phenoxy) is 2. The Balaban J connectivity index is 1.40. The molecule has 0 saturated carbocycles. The molecule has 0 fully saturated rings. The Morgan fingerprint density at radius 3 is 2.36 bits per heavy atom. The number of aryl methyl sites for hydroxylation is 1. The fourth-order valence-corrected chi connectivity index (χ4v) is 6.36. The van der Waals surface area contributed by atoms with Crippen LogP contribution in [0.5, 0.6) is 11.5 Å². The van der Waals surface area contributed by atoms with Gasteiger partial charge in [-0.15, -0.1) is 0 Å². The van der Waals surface area contributed by atoms with Crippen LogP contribution in [0, 0.1) is 6.92 Å². The summed E-state index contributed by atoms with van der Waals surface area (Å²) in [6.45, 7) is 4.13. The van der Waals surface area contributed by atoms with Crippen LogP contribution in [0.4, 0.5) is 5.69 Å². The van der Waals surface area contributed by atoms with Crippen molar-refractivity contribution in [2.75, 3.05) is 12.4 Å². The summed E-state index contributed by atoms with van der Waals surface area (Å²) in [5.41, 5.74) is 5.01. The summed E-state index contributed by atoms with van der Waals surface area (Å²) >= 11 is 1.30. The lowest BCUT2D eigenvalue weighted by Crippen LogP contribution is -2.40. The number of hydrogen-bond donors (Lipinski definition) is 1. The highest BCUT2D eigenvalue weighted by Crippen LogP contribution is 2.31. The van der Waals surface area contributed by atoms with E-state index < -0.39 is 6.04 Å². The predicted molar refractivity (Wildman–Crippen MR) is 174 cm³/mol.